The molecule has 2 saturated heterocycles. The van der Waals surface area contributed by atoms with Crippen molar-refractivity contribution < 1.29 is 28.5 Å². The van der Waals surface area contributed by atoms with Crippen LogP contribution < -0.4 is 10.2 Å². The average Bonchev–Trinajstić information content (AvgIpc) is 3.51. The zero-order valence-corrected chi connectivity index (χ0v) is 22.7. The Bertz CT molecular complexity index is 1540. The highest BCUT2D eigenvalue weighted by Crippen LogP contribution is 2.35. The van der Waals surface area contributed by atoms with Crippen molar-refractivity contribution in [3.63, 3.8) is 0 Å². The molecule has 1 N–H and O–H groups in total. The number of hydrogen-bond donors (Lipinski definition) is 1. The third-order valence-corrected chi connectivity index (χ3v) is 7.63. The third kappa shape index (κ3) is 5.63. The summed E-state index contributed by atoms with van der Waals surface area (Å²) in [5, 5.41) is 13.7. The fourth-order valence-electron chi connectivity index (χ4n) is 4.52. The normalized spacial score (nSPS) is 16.6. The standard InChI is InChI=1S/C28H26N4O7S/c1-17-13-19(14-23(18(17)2)32(36)37)24-8-7-20(39-24)15-25-27(34)31(28(35)40-25)16-26(33)29-21-5-3-4-6-22(21)30-9-11-38-12-10-30/h3-8,13-15H,9-12,16H2,1-2H3,(H,29,33)/b25-15+. The molecular formula is C28H26N4O7S. The smallest absolute Gasteiger partial charge is 0.294 e. The second-order valence-electron chi connectivity index (χ2n) is 9.33. The molecule has 12 heteroatoms. The fourth-order valence-corrected chi connectivity index (χ4v) is 5.33. The van der Waals surface area contributed by atoms with E-state index in [2.05, 4.69) is 10.2 Å². The maximum Gasteiger partial charge on any atom is 0.294 e. The molecule has 0 saturated carbocycles. The summed E-state index contributed by atoms with van der Waals surface area (Å²) in [5.41, 5.74) is 3.26. The molecule has 1 aromatic heterocycles. The molecule has 3 heterocycles. The second kappa shape index (κ2) is 11.4. The largest absolute Gasteiger partial charge is 0.457 e. The summed E-state index contributed by atoms with van der Waals surface area (Å²) < 4.78 is 11.2. The van der Waals surface area contributed by atoms with Gasteiger partial charge in [0.2, 0.25) is 5.91 Å². The summed E-state index contributed by atoms with van der Waals surface area (Å²) in [6, 6.07) is 13.8. The SMILES string of the molecule is Cc1cc(-c2ccc(/C=C3/SC(=O)N(CC(=O)Nc4ccccc4N4CCOCC4)C3=O)o2)cc([N+](=O)[O-])c1C. The van der Waals surface area contributed by atoms with Gasteiger partial charge in [0.15, 0.2) is 0 Å². The number of morpholine rings is 1. The number of hydrogen-bond acceptors (Lipinski definition) is 9. The Labute approximate surface area is 233 Å². The summed E-state index contributed by atoms with van der Waals surface area (Å²) in [6.07, 6.45) is 1.43. The number of thioether (sulfide) groups is 1. The first kappa shape index (κ1) is 27.2. The maximum absolute atomic E-state index is 13.0. The van der Waals surface area contributed by atoms with Crippen molar-refractivity contribution >= 4 is 52.0 Å². The molecule has 5 rings (SSSR count). The number of anilines is 2. The lowest BCUT2D eigenvalue weighted by atomic mass is 10.0. The number of aryl methyl sites for hydroxylation is 1. The predicted molar refractivity (Wildman–Crippen MR) is 151 cm³/mol. The van der Waals surface area contributed by atoms with Crippen LogP contribution in [-0.2, 0) is 14.3 Å². The number of para-hydroxylation sites is 2. The van der Waals surface area contributed by atoms with E-state index in [1.807, 2.05) is 12.1 Å². The van der Waals surface area contributed by atoms with E-state index in [-0.39, 0.29) is 10.6 Å². The minimum Gasteiger partial charge on any atom is -0.457 e. The van der Waals surface area contributed by atoms with Crippen LogP contribution in [0, 0.1) is 24.0 Å². The number of nitrogens with one attached hydrogen (secondary N) is 1. The summed E-state index contributed by atoms with van der Waals surface area (Å²) >= 11 is 0.714. The highest BCUT2D eigenvalue weighted by atomic mass is 32.2. The lowest BCUT2D eigenvalue weighted by Gasteiger charge is -2.30. The van der Waals surface area contributed by atoms with Gasteiger partial charge in [0.1, 0.15) is 18.1 Å². The monoisotopic (exact) mass is 562 g/mol. The van der Waals surface area contributed by atoms with E-state index in [9.17, 15) is 24.5 Å². The zero-order chi connectivity index (χ0) is 28.4. The lowest BCUT2D eigenvalue weighted by molar-refractivity contribution is -0.385. The Hall–Kier alpha value is -4.42. The molecule has 2 fully saturated rings. The number of nitro groups is 1. The quantitative estimate of drug-likeness (QED) is 0.240. The number of imide groups is 1. The summed E-state index contributed by atoms with van der Waals surface area (Å²) in [7, 11) is 0. The van der Waals surface area contributed by atoms with Crippen LogP contribution in [0.25, 0.3) is 17.4 Å². The lowest BCUT2D eigenvalue weighted by Crippen LogP contribution is -2.38. The van der Waals surface area contributed by atoms with Gasteiger partial charge in [-0.15, -0.1) is 0 Å². The van der Waals surface area contributed by atoms with Crippen LogP contribution in [0.5, 0.6) is 0 Å². The van der Waals surface area contributed by atoms with Crippen LogP contribution in [0.3, 0.4) is 0 Å². The van der Waals surface area contributed by atoms with E-state index in [4.69, 9.17) is 9.15 Å². The number of nitrogens with zero attached hydrogens (tertiary/aromatic N) is 3. The van der Waals surface area contributed by atoms with Crippen LogP contribution in [-0.4, -0.2) is 59.7 Å². The highest BCUT2D eigenvalue weighted by Gasteiger charge is 2.36. The van der Waals surface area contributed by atoms with Gasteiger partial charge in [-0.3, -0.25) is 29.4 Å². The van der Waals surface area contributed by atoms with E-state index < -0.39 is 28.5 Å². The molecule has 0 bridgehead atoms. The van der Waals surface area contributed by atoms with Gasteiger partial charge in [0, 0.05) is 36.4 Å². The number of nitro benzene ring substituents is 1. The average molecular weight is 563 g/mol. The zero-order valence-electron chi connectivity index (χ0n) is 21.8. The minimum atomic E-state index is -0.605. The molecule has 206 valence electrons. The van der Waals surface area contributed by atoms with E-state index >= 15 is 0 Å². The van der Waals surface area contributed by atoms with Crippen molar-refractivity contribution in [3.05, 3.63) is 80.4 Å². The Morgan fingerprint density at radius 3 is 2.62 bits per heavy atom. The van der Waals surface area contributed by atoms with Crippen molar-refractivity contribution in [3.8, 4) is 11.3 Å². The first-order chi connectivity index (χ1) is 19.2. The van der Waals surface area contributed by atoms with Gasteiger partial charge in [-0.05, 0) is 61.5 Å². The first-order valence-electron chi connectivity index (χ1n) is 12.5. The van der Waals surface area contributed by atoms with Gasteiger partial charge in [-0.2, -0.15) is 0 Å². The third-order valence-electron chi connectivity index (χ3n) is 6.73. The van der Waals surface area contributed by atoms with Crippen molar-refractivity contribution in [2.24, 2.45) is 0 Å². The molecule has 3 amide bonds. The molecular weight excluding hydrogens is 536 g/mol. The first-order valence-corrected chi connectivity index (χ1v) is 13.4. The Morgan fingerprint density at radius 2 is 1.88 bits per heavy atom. The van der Waals surface area contributed by atoms with Gasteiger partial charge in [-0.25, -0.2) is 0 Å². The number of carbonyl (C=O) groups excluding carboxylic acids is 3. The summed E-state index contributed by atoms with van der Waals surface area (Å²) in [5.74, 6) is -0.424. The molecule has 0 atom stereocenters. The number of rotatable bonds is 7. The second-order valence-corrected chi connectivity index (χ2v) is 10.3. The Balaban J connectivity index is 1.28. The van der Waals surface area contributed by atoms with Gasteiger partial charge in [0.05, 0.1) is 34.4 Å². The van der Waals surface area contributed by atoms with Gasteiger partial charge in [0.25, 0.3) is 16.8 Å². The van der Waals surface area contributed by atoms with E-state index in [0.29, 0.717) is 66.4 Å². The van der Waals surface area contributed by atoms with Crippen LogP contribution >= 0.6 is 11.8 Å². The van der Waals surface area contributed by atoms with E-state index in [1.165, 1.54) is 12.1 Å². The molecule has 0 radical (unpaired) electrons. The van der Waals surface area contributed by atoms with Gasteiger partial charge < -0.3 is 19.4 Å². The van der Waals surface area contributed by atoms with Crippen LogP contribution in [0.15, 0.2) is 57.9 Å². The predicted octanol–water partition coefficient (Wildman–Crippen LogP) is 4.98. The highest BCUT2D eigenvalue weighted by molar-refractivity contribution is 8.18. The van der Waals surface area contributed by atoms with E-state index in [1.54, 1.807) is 44.2 Å². The number of carbonyl (C=O) groups is 3. The van der Waals surface area contributed by atoms with Gasteiger partial charge >= 0.3 is 0 Å². The maximum atomic E-state index is 13.0. The van der Waals surface area contributed by atoms with Crippen molar-refractivity contribution in [2.75, 3.05) is 43.1 Å². The molecule has 0 spiro atoms. The topological polar surface area (TPSA) is 135 Å². The summed E-state index contributed by atoms with van der Waals surface area (Å²) in [4.78, 5) is 52.5. The van der Waals surface area contributed by atoms with Crippen LogP contribution in [0.4, 0.5) is 21.9 Å². The van der Waals surface area contributed by atoms with Crippen LogP contribution in [0.2, 0.25) is 0 Å². The van der Waals surface area contributed by atoms with Crippen molar-refractivity contribution in [1.29, 1.82) is 0 Å². The van der Waals surface area contributed by atoms with Gasteiger partial charge in [-0.1, -0.05) is 12.1 Å². The molecule has 2 aromatic carbocycles. The van der Waals surface area contributed by atoms with Crippen LogP contribution in [0.1, 0.15) is 16.9 Å². The van der Waals surface area contributed by atoms with Crippen molar-refractivity contribution in [1.82, 2.24) is 4.90 Å². The molecule has 2 aliphatic rings. The fraction of sp³-hybridized carbons (Fsp3) is 0.250. The molecule has 40 heavy (non-hydrogen) atoms. The van der Waals surface area contributed by atoms with Crippen molar-refractivity contribution in [2.45, 2.75) is 13.8 Å². The minimum absolute atomic E-state index is 0.0140. The number of ether oxygens (including phenoxy) is 1. The number of furan rings is 1. The van der Waals surface area contributed by atoms with E-state index in [0.717, 1.165) is 16.2 Å². The molecule has 3 aromatic rings. The Morgan fingerprint density at radius 1 is 1.12 bits per heavy atom. The molecule has 0 aliphatic carbocycles. The molecule has 11 nitrogen and oxygen atoms in total. The number of amides is 3. The Kier molecular flexibility index (Phi) is 7.71. The number of benzene rings is 2. The summed E-state index contributed by atoms with van der Waals surface area (Å²) in [6.45, 7) is 5.59. The molecule has 2 aliphatic heterocycles. The molecule has 0 unspecified atom stereocenters.